The first kappa shape index (κ1) is 15.5. The molecule has 1 amide bonds. The van der Waals surface area contributed by atoms with Crippen molar-refractivity contribution in [3.8, 4) is 5.69 Å². The van der Waals surface area contributed by atoms with Crippen molar-refractivity contribution in [2.24, 2.45) is 0 Å². The van der Waals surface area contributed by atoms with Gasteiger partial charge in [0, 0.05) is 12.1 Å². The van der Waals surface area contributed by atoms with Crippen molar-refractivity contribution in [3.63, 3.8) is 0 Å². The van der Waals surface area contributed by atoms with Gasteiger partial charge in [0.2, 0.25) is 0 Å². The predicted octanol–water partition coefficient (Wildman–Crippen LogP) is 3.38. The van der Waals surface area contributed by atoms with Crippen LogP contribution in [0.3, 0.4) is 0 Å². The lowest BCUT2D eigenvalue weighted by atomic mass is 10.0. The summed E-state index contributed by atoms with van der Waals surface area (Å²) in [7, 11) is 0. The standard InChI is InChI=1S/C19H17FN4O/c20-16-7-3-14(4-8-16)18-2-1-11-23(18)19(25)15-5-9-17(10-6-15)24-13-21-12-22-24/h3-10,12-13,18H,1-2,11H2. The third-order valence-electron chi connectivity index (χ3n) is 4.57. The van der Waals surface area contributed by atoms with Crippen LogP contribution >= 0.6 is 0 Å². The number of aromatic nitrogens is 3. The molecule has 0 N–H and O–H groups in total. The molecule has 1 fully saturated rings. The van der Waals surface area contributed by atoms with Gasteiger partial charge in [-0.25, -0.2) is 14.1 Å². The molecule has 1 unspecified atom stereocenters. The molecular weight excluding hydrogens is 319 g/mol. The highest BCUT2D eigenvalue weighted by Gasteiger charge is 2.30. The summed E-state index contributed by atoms with van der Waals surface area (Å²) in [6, 6.07) is 13.7. The predicted molar refractivity (Wildman–Crippen MR) is 90.8 cm³/mol. The zero-order chi connectivity index (χ0) is 17.2. The largest absolute Gasteiger partial charge is 0.332 e. The van der Waals surface area contributed by atoms with Crippen molar-refractivity contribution < 1.29 is 9.18 Å². The molecule has 2 aromatic carbocycles. The first-order valence-corrected chi connectivity index (χ1v) is 8.24. The fourth-order valence-electron chi connectivity index (χ4n) is 3.31. The van der Waals surface area contributed by atoms with Crippen LogP contribution in [-0.2, 0) is 0 Å². The summed E-state index contributed by atoms with van der Waals surface area (Å²) in [5.41, 5.74) is 2.47. The second-order valence-electron chi connectivity index (χ2n) is 6.10. The molecule has 25 heavy (non-hydrogen) atoms. The quantitative estimate of drug-likeness (QED) is 0.737. The van der Waals surface area contributed by atoms with Crippen LogP contribution in [0.5, 0.6) is 0 Å². The average molecular weight is 336 g/mol. The van der Waals surface area contributed by atoms with Crippen LogP contribution in [-0.4, -0.2) is 32.1 Å². The summed E-state index contributed by atoms with van der Waals surface area (Å²) in [4.78, 5) is 18.7. The number of likely N-dealkylation sites (tertiary alicyclic amines) is 1. The van der Waals surface area contributed by atoms with E-state index in [1.807, 2.05) is 17.0 Å². The van der Waals surface area contributed by atoms with Crippen molar-refractivity contribution in [1.82, 2.24) is 19.7 Å². The van der Waals surface area contributed by atoms with Crippen molar-refractivity contribution in [2.75, 3.05) is 6.54 Å². The number of nitrogens with zero attached hydrogens (tertiary/aromatic N) is 4. The lowest BCUT2D eigenvalue weighted by molar-refractivity contribution is 0.0735. The SMILES string of the molecule is O=C(c1ccc(-n2cncn2)cc1)N1CCCC1c1ccc(F)cc1. The van der Waals surface area contributed by atoms with Gasteiger partial charge in [-0.2, -0.15) is 5.10 Å². The van der Waals surface area contributed by atoms with E-state index in [2.05, 4.69) is 10.1 Å². The minimum absolute atomic E-state index is 0.00281. The number of carbonyl (C=O) groups is 1. The van der Waals surface area contributed by atoms with Gasteiger partial charge in [-0.05, 0) is 54.8 Å². The summed E-state index contributed by atoms with van der Waals surface area (Å²) in [6.07, 6.45) is 4.93. The highest BCUT2D eigenvalue weighted by atomic mass is 19.1. The molecule has 1 aromatic heterocycles. The second kappa shape index (κ2) is 6.47. The Hall–Kier alpha value is -3.02. The van der Waals surface area contributed by atoms with Crippen molar-refractivity contribution in [2.45, 2.75) is 18.9 Å². The lowest BCUT2D eigenvalue weighted by Crippen LogP contribution is -2.30. The fourth-order valence-corrected chi connectivity index (χ4v) is 3.31. The number of halogens is 1. The highest BCUT2D eigenvalue weighted by molar-refractivity contribution is 5.94. The van der Waals surface area contributed by atoms with E-state index in [1.54, 1.807) is 35.3 Å². The molecule has 6 heteroatoms. The van der Waals surface area contributed by atoms with Crippen LogP contribution in [0.15, 0.2) is 61.2 Å². The highest BCUT2D eigenvalue weighted by Crippen LogP contribution is 2.33. The van der Waals surface area contributed by atoms with Crippen molar-refractivity contribution in [3.05, 3.63) is 78.1 Å². The van der Waals surface area contributed by atoms with E-state index < -0.39 is 0 Å². The van der Waals surface area contributed by atoms with Gasteiger partial charge >= 0.3 is 0 Å². The molecular formula is C19H17FN4O. The molecule has 126 valence electrons. The zero-order valence-electron chi connectivity index (χ0n) is 13.5. The Balaban J connectivity index is 1.56. The molecule has 1 aliphatic heterocycles. The zero-order valence-corrected chi connectivity index (χ0v) is 13.5. The van der Waals surface area contributed by atoms with Crippen LogP contribution in [0.4, 0.5) is 4.39 Å². The van der Waals surface area contributed by atoms with E-state index in [1.165, 1.54) is 18.5 Å². The van der Waals surface area contributed by atoms with Crippen molar-refractivity contribution >= 4 is 5.91 Å². The summed E-state index contributed by atoms with van der Waals surface area (Å²) >= 11 is 0. The van der Waals surface area contributed by atoms with E-state index in [-0.39, 0.29) is 17.8 Å². The summed E-state index contributed by atoms with van der Waals surface area (Å²) < 4.78 is 14.8. The monoisotopic (exact) mass is 336 g/mol. The number of amides is 1. The fraction of sp³-hybridized carbons (Fsp3) is 0.211. The molecule has 1 atom stereocenters. The number of benzene rings is 2. The van der Waals surface area contributed by atoms with Gasteiger partial charge < -0.3 is 4.90 Å². The molecule has 0 spiro atoms. The molecule has 1 saturated heterocycles. The maximum Gasteiger partial charge on any atom is 0.254 e. The lowest BCUT2D eigenvalue weighted by Gasteiger charge is -2.25. The topological polar surface area (TPSA) is 51.0 Å². The Labute approximate surface area is 144 Å². The van der Waals surface area contributed by atoms with Crippen LogP contribution in [0.1, 0.15) is 34.8 Å². The van der Waals surface area contributed by atoms with E-state index >= 15 is 0 Å². The third kappa shape index (κ3) is 3.03. The van der Waals surface area contributed by atoms with Crippen molar-refractivity contribution in [1.29, 1.82) is 0 Å². The van der Waals surface area contributed by atoms with Gasteiger partial charge in [-0.1, -0.05) is 12.1 Å². The first-order chi connectivity index (χ1) is 12.2. The Bertz CT molecular complexity index is 859. The Kier molecular flexibility index (Phi) is 4.01. The van der Waals surface area contributed by atoms with Gasteiger partial charge in [-0.3, -0.25) is 4.79 Å². The summed E-state index contributed by atoms with van der Waals surface area (Å²) in [5, 5.41) is 4.08. The Morgan fingerprint density at radius 3 is 2.52 bits per heavy atom. The van der Waals surface area contributed by atoms with Gasteiger partial charge in [0.05, 0.1) is 11.7 Å². The normalized spacial score (nSPS) is 17.0. The second-order valence-corrected chi connectivity index (χ2v) is 6.10. The van der Waals surface area contributed by atoms with Gasteiger partial charge in [-0.15, -0.1) is 0 Å². The van der Waals surface area contributed by atoms with Gasteiger partial charge in [0.25, 0.3) is 5.91 Å². The molecule has 3 aromatic rings. The molecule has 0 aliphatic carbocycles. The number of rotatable bonds is 3. The van der Waals surface area contributed by atoms with Gasteiger partial charge in [0.1, 0.15) is 18.5 Å². The number of hydrogen-bond donors (Lipinski definition) is 0. The molecule has 0 bridgehead atoms. The number of hydrogen-bond acceptors (Lipinski definition) is 3. The van der Waals surface area contributed by atoms with E-state index in [0.717, 1.165) is 24.1 Å². The first-order valence-electron chi connectivity index (χ1n) is 8.24. The van der Waals surface area contributed by atoms with Crippen LogP contribution in [0, 0.1) is 5.82 Å². The molecule has 4 rings (SSSR count). The summed E-state index contributed by atoms with van der Waals surface area (Å²) in [5.74, 6) is -0.264. The van der Waals surface area contributed by atoms with Gasteiger partial charge in [0.15, 0.2) is 0 Å². The third-order valence-corrected chi connectivity index (χ3v) is 4.57. The van der Waals surface area contributed by atoms with E-state index in [4.69, 9.17) is 0 Å². The summed E-state index contributed by atoms with van der Waals surface area (Å²) in [6.45, 7) is 0.714. The molecule has 0 saturated carbocycles. The average Bonchev–Trinajstić information content (AvgIpc) is 3.34. The Morgan fingerprint density at radius 2 is 1.84 bits per heavy atom. The van der Waals surface area contributed by atoms with E-state index in [9.17, 15) is 9.18 Å². The Morgan fingerprint density at radius 1 is 1.08 bits per heavy atom. The number of carbonyl (C=O) groups excluding carboxylic acids is 1. The molecule has 5 nitrogen and oxygen atoms in total. The smallest absolute Gasteiger partial charge is 0.254 e. The maximum absolute atomic E-state index is 13.2. The minimum Gasteiger partial charge on any atom is -0.332 e. The van der Waals surface area contributed by atoms with Crippen LogP contribution < -0.4 is 0 Å². The molecule has 2 heterocycles. The van der Waals surface area contributed by atoms with E-state index in [0.29, 0.717) is 12.1 Å². The van der Waals surface area contributed by atoms with Crippen LogP contribution in [0.25, 0.3) is 5.69 Å². The van der Waals surface area contributed by atoms with Crippen LogP contribution in [0.2, 0.25) is 0 Å². The maximum atomic E-state index is 13.2. The molecule has 1 aliphatic rings. The molecule has 0 radical (unpaired) electrons. The minimum atomic E-state index is -0.261.